The number of hydrogen-bond donors (Lipinski definition) is 2. The van der Waals surface area contributed by atoms with E-state index in [1.165, 1.54) is 42.9 Å². The van der Waals surface area contributed by atoms with Gasteiger partial charge >= 0.3 is 0 Å². The number of nitrogens with zero attached hydrogens (tertiary/aromatic N) is 3. The number of phenols is 2. The summed E-state index contributed by atoms with van der Waals surface area (Å²) in [6, 6.07) is 8.76. The molecule has 1 aliphatic rings. The van der Waals surface area contributed by atoms with Gasteiger partial charge in [-0.25, -0.2) is 4.68 Å². The maximum atomic E-state index is 10.2. The van der Waals surface area contributed by atoms with Crippen LogP contribution in [0.4, 0.5) is 0 Å². The van der Waals surface area contributed by atoms with Crippen molar-refractivity contribution in [2.24, 2.45) is 10.1 Å². The van der Waals surface area contributed by atoms with Gasteiger partial charge in [-0.1, -0.05) is 25.3 Å². The molecule has 0 amide bonds. The molecule has 8 nitrogen and oxygen atoms in total. The molecule has 2 N–H and O–H groups in total. The van der Waals surface area contributed by atoms with Gasteiger partial charge in [0, 0.05) is 16.5 Å². The average Bonchev–Trinajstić information content (AvgIpc) is 3.26. The number of hydrogen-bond acceptors (Lipinski definition) is 8. The molecule has 1 fully saturated rings. The van der Waals surface area contributed by atoms with E-state index in [1.807, 2.05) is 17.5 Å². The molecule has 0 spiro atoms. The van der Waals surface area contributed by atoms with Crippen molar-refractivity contribution in [1.29, 1.82) is 0 Å². The maximum absolute atomic E-state index is 10.2. The van der Waals surface area contributed by atoms with Gasteiger partial charge in [0.05, 0.1) is 39.3 Å². The molecular weight excluding hydrogens is 454 g/mol. The summed E-state index contributed by atoms with van der Waals surface area (Å²) in [5, 5.41) is 26.7. The van der Waals surface area contributed by atoms with E-state index < -0.39 is 0 Å². The van der Waals surface area contributed by atoms with Crippen molar-refractivity contribution in [3.8, 4) is 40.0 Å². The van der Waals surface area contributed by atoms with Gasteiger partial charge in [0.15, 0.2) is 23.0 Å². The second-order valence-electron chi connectivity index (χ2n) is 8.01. The summed E-state index contributed by atoms with van der Waals surface area (Å²) in [4.78, 5) is 5.76. The van der Waals surface area contributed by atoms with Gasteiger partial charge < -0.3 is 24.4 Å². The quantitative estimate of drug-likeness (QED) is 0.373. The Labute approximate surface area is 202 Å². The van der Waals surface area contributed by atoms with Crippen molar-refractivity contribution in [3.05, 3.63) is 46.1 Å². The first-order chi connectivity index (χ1) is 16.5. The zero-order valence-electron chi connectivity index (χ0n) is 19.5. The second kappa shape index (κ2) is 10.6. The fourth-order valence-electron chi connectivity index (χ4n) is 4.07. The van der Waals surface area contributed by atoms with E-state index in [0.29, 0.717) is 22.8 Å². The molecule has 0 unspecified atom stereocenters. The summed E-state index contributed by atoms with van der Waals surface area (Å²) < 4.78 is 18.3. The molecule has 0 aliphatic heterocycles. The number of aromatic hydroxyl groups is 2. The summed E-state index contributed by atoms with van der Waals surface area (Å²) in [5.41, 5.74) is 2.00. The maximum Gasteiger partial charge on any atom is 0.206 e. The Balaban J connectivity index is 1.86. The van der Waals surface area contributed by atoms with Crippen LogP contribution >= 0.6 is 11.3 Å². The van der Waals surface area contributed by atoms with Crippen LogP contribution in [-0.4, -0.2) is 48.5 Å². The molecule has 2 aromatic carbocycles. The van der Waals surface area contributed by atoms with Crippen LogP contribution in [0.2, 0.25) is 0 Å². The summed E-state index contributed by atoms with van der Waals surface area (Å²) in [7, 11) is 4.73. The topological polar surface area (TPSA) is 97.8 Å². The molecule has 0 radical (unpaired) electrons. The molecule has 180 valence electrons. The number of aromatic nitrogens is 1. The van der Waals surface area contributed by atoms with E-state index in [4.69, 9.17) is 19.2 Å². The van der Waals surface area contributed by atoms with Crippen molar-refractivity contribution in [3.63, 3.8) is 0 Å². The third-order valence-corrected chi connectivity index (χ3v) is 6.70. The zero-order valence-corrected chi connectivity index (χ0v) is 20.3. The van der Waals surface area contributed by atoms with E-state index in [9.17, 15) is 10.2 Å². The zero-order chi connectivity index (χ0) is 24.1. The van der Waals surface area contributed by atoms with Crippen molar-refractivity contribution < 1.29 is 24.4 Å². The van der Waals surface area contributed by atoms with Crippen molar-refractivity contribution in [2.75, 3.05) is 21.3 Å². The minimum atomic E-state index is -0.220. The number of methoxy groups -OCH3 is 3. The molecule has 4 rings (SSSR count). The monoisotopic (exact) mass is 483 g/mol. The van der Waals surface area contributed by atoms with Crippen molar-refractivity contribution in [2.45, 2.75) is 38.1 Å². The van der Waals surface area contributed by atoms with Gasteiger partial charge in [-0.2, -0.15) is 5.10 Å². The molecule has 34 heavy (non-hydrogen) atoms. The van der Waals surface area contributed by atoms with Crippen LogP contribution in [0.3, 0.4) is 0 Å². The molecule has 1 aliphatic carbocycles. The lowest BCUT2D eigenvalue weighted by Crippen LogP contribution is -2.19. The van der Waals surface area contributed by atoms with E-state index in [0.717, 1.165) is 28.9 Å². The highest BCUT2D eigenvalue weighted by atomic mass is 32.1. The fraction of sp³-hybridized carbons (Fsp3) is 0.360. The molecule has 0 saturated heterocycles. The Morgan fingerprint density at radius 1 is 1.00 bits per heavy atom. The van der Waals surface area contributed by atoms with Gasteiger partial charge in [0.25, 0.3) is 0 Å². The first kappa shape index (κ1) is 23.7. The first-order valence-electron chi connectivity index (χ1n) is 11.2. The third kappa shape index (κ3) is 4.89. The van der Waals surface area contributed by atoms with Crippen molar-refractivity contribution in [1.82, 2.24) is 4.68 Å². The van der Waals surface area contributed by atoms with Crippen LogP contribution < -0.4 is 19.0 Å². The number of rotatable bonds is 7. The van der Waals surface area contributed by atoms with Gasteiger partial charge in [-0.05, 0) is 37.1 Å². The highest BCUT2D eigenvalue weighted by Gasteiger charge is 2.18. The van der Waals surface area contributed by atoms with Crippen LogP contribution in [0.25, 0.3) is 11.3 Å². The van der Waals surface area contributed by atoms with Crippen LogP contribution in [0.1, 0.15) is 37.7 Å². The molecule has 1 saturated carbocycles. The number of para-hydroxylation sites is 1. The summed E-state index contributed by atoms with van der Waals surface area (Å²) >= 11 is 1.50. The Kier molecular flexibility index (Phi) is 7.42. The number of thiazole rings is 1. The first-order valence-corrected chi connectivity index (χ1v) is 12.0. The lowest BCUT2D eigenvalue weighted by molar-refractivity contribution is 0.324. The predicted octanol–water partition coefficient (Wildman–Crippen LogP) is 4.77. The number of phenolic OH excluding ortho intramolecular Hbond substituents is 2. The highest BCUT2D eigenvalue weighted by Crippen LogP contribution is 2.41. The van der Waals surface area contributed by atoms with Gasteiger partial charge in [0.1, 0.15) is 0 Å². The number of benzene rings is 2. The van der Waals surface area contributed by atoms with Crippen LogP contribution in [0.5, 0.6) is 28.7 Å². The largest absolute Gasteiger partial charge is 0.504 e. The molecule has 1 aromatic heterocycles. The Hall–Kier alpha value is -3.46. The van der Waals surface area contributed by atoms with Gasteiger partial charge in [-0.15, -0.1) is 11.3 Å². The molecule has 3 aromatic rings. The molecule has 9 heteroatoms. The van der Waals surface area contributed by atoms with Crippen molar-refractivity contribution >= 4 is 17.6 Å². The van der Waals surface area contributed by atoms with Gasteiger partial charge in [-0.3, -0.25) is 4.99 Å². The molecule has 0 atom stereocenters. The lowest BCUT2D eigenvalue weighted by Gasteiger charge is -2.17. The van der Waals surface area contributed by atoms with E-state index >= 15 is 0 Å². The Morgan fingerprint density at radius 2 is 1.71 bits per heavy atom. The molecule has 0 bridgehead atoms. The smallest absolute Gasteiger partial charge is 0.206 e. The lowest BCUT2D eigenvalue weighted by atomic mass is 9.96. The molecular formula is C25H29N3O5S. The summed E-state index contributed by atoms with van der Waals surface area (Å²) in [6.07, 6.45) is 7.26. The van der Waals surface area contributed by atoms with Crippen LogP contribution in [-0.2, 0) is 0 Å². The average molecular weight is 484 g/mol. The normalized spacial score (nSPS) is 15.1. The van der Waals surface area contributed by atoms with Gasteiger partial charge in [0.2, 0.25) is 10.6 Å². The highest BCUT2D eigenvalue weighted by molar-refractivity contribution is 7.07. The van der Waals surface area contributed by atoms with Crippen LogP contribution in [0.15, 0.2) is 45.8 Å². The van der Waals surface area contributed by atoms with E-state index in [1.54, 1.807) is 38.1 Å². The standard InChI is InChI=1S/C25H29N3O5S/c1-31-21-12-17(13-22(32-2)24(21)33-3)19-15-34-25(27-18-9-5-4-6-10-18)28(19)26-14-16-8-7-11-20(29)23(16)30/h7-8,11-15,18,29-30H,4-6,9-10H2,1-3H3. The summed E-state index contributed by atoms with van der Waals surface area (Å²) in [5.74, 6) is 1.17. The van der Waals surface area contributed by atoms with E-state index in [-0.39, 0.29) is 17.5 Å². The molecule has 1 heterocycles. The van der Waals surface area contributed by atoms with Crippen LogP contribution in [0, 0.1) is 0 Å². The minimum absolute atomic E-state index is 0.198. The number of ether oxygens (including phenoxy) is 3. The SMILES string of the molecule is COc1cc(-c2csc(=NC3CCCCC3)n2N=Cc2cccc(O)c2O)cc(OC)c1OC. The fourth-order valence-corrected chi connectivity index (χ4v) is 4.97. The third-order valence-electron chi connectivity index (χ3n) is 5.87. The van der Waals surface area contributed by atoms with E-state index in [2.05, 4.69) is 5.10 Å². The minimum Gasteiger partial charge on any atom is -0.504 e. The summed E-state index contributed by atoms with van der Waals surface area (Å²) in [6.45, 7) is 0. The Bertz CT molecular complexity index is 1220. The Morgan fingerprint density at radius 3 is 2.35 bits per heavy atom. The second-order valence-corrected chi connectivity index (χ2v) is 8.85. The predicted molar refractivity (Wildman–Crippen MR) is 133 cm³/mol.